The van der Waals surface area contributed by atoms with E-state index in [9.17, 15) is 9.59 Å². The summed E-state index contributed by atoms with van der Waals surface area (Å²) in [6, 6.07) is 3.92. The van der Waals surface area contributed by atoms with E-state index in [2.05, 4.69) is 9.88 Å². The van der Waals surface area contributed by atoms with Gasteiger partial charge in [-0.25, -0.2) is 4.98 Å². The summed E-state index contributed by atoms with van der Waals surface area (Å²) in [4.78, 5) is 36.7. The third-order valence-corrected chi connectivity index (χ3v) is 6.59. The maximum Gasteiger partial charge on any atom is 0.236 e. The fourth-order valence-corrected chi connectivity index (χ4v) is 4.59. The first-order valence-corrected chi connectivity index (χ1v) is 11.3. The molecule has 0 spiro atoms. The fourth-order valence-electron chi connectivity index (χ4n) is 3.94. The van der Waals surface area contributed by atoms with Gasteiger partial charge in [0, 0.05) is 39.3 Å². The van der Waals surface area contributed by atoms with Crippen LogP contribution in [-0.4, -0.2) is 77.3 Å². The number of hydrogen-bond donors (Lipinski definition) is 0. The number of hydrogen-bond acceptors (Lipinski definition) is 6. The molecule has 2 aromatic heterocycles. The second-order valence-electron chi connectivity index (χ2n) is 7.77. The van der Waals surface area contributed by atoms with E-state index >= 15 is 0 Å². The van der Waals surface area contributed by atoms with Crippen molar-refractivity contribution in [2.45, 2.75) is 32.6 Å². The summed E-state index contributed by atoms with van der Waals surface area (Å²) < 4.78 is 5.74. The highest BCUT2D eigenvalue weighted by molar-refractivity contribution is 7.13. The largest absolute Gasteiger partial charge is 0.440 e. The number of piperidine rings is 1. The Hall–Kier alpha value is -2.19. The average Bonchev–Trinajstić information content (AvgIpc) is 3.39. The number of rotatable bonds is 5. The van der Waals surface area contributed by atoms with Crippen molar-refractivity contribution in [2.24, 2.45) is 0 Å². The van der Waals surface area contributed by atoms with Gasteiger partial charge >= 0.3 is 0 Å². The van der Waals surface area contributed by atoms with Crippen LogP contribution in [0.3, 0.4) is 0 Å². The molecule has 2 aliphatic rings. The van der Waals surface area contributed by atoms with Crippen LogP contribution in [0.15, 0.2) is 21.9 Å². The van der Waals surface area contributed by atoms with Crippen molar-refractivity contribution in [2.75, 3.05) is 45.8 Å². The van der Waals surface area contributed by atoms with Gasteiger partial charge in [0.25, 0.3) is 0 Å². The van der Waals surface area contributed by atoms with Crippen molar-refractivity contribution in [1.29, 1.82) is 0 Å². The number of oxazole rings is 1. The number of aromatic nitrogens is 1. The summed E-state index contributed by atoms with van der Waals surface area (Å²) in [6.07, 6.45) is 3.71. The van der Waals surface area contributed by atoms with E-state index in [4.69, 9.17) is 4.42 Å². The lowest BCUT2D eigenvalue weighted by molar-refractivity contribution is -0.135. The molecule has 29 heavy (non-hydrogen) atoms. The van der Waals surface area contributed by atoms with Crippen molar-refractivity contribution < 1.29 is 14.0 Å². The van der Waals surface area contributed by atoms with Gasteiger partial charge in [-0.2, -0.15) is 0 Å². The van der Waals surface area contributed by atoms with E-state index in [1.807, 2.05) is 34.2 Å². The molecular formula is C21H28N4O3S. The Kier molecular flexibility index (Phi) is 6.30. The maximum absolute atomic E-state index is 12.7. The van der Waals surface area contributed by atoms with Crippen LogP contribution < -0.4 is 0 Å². The molecule has 0 atom stereocenters. The molecule has 8 heteroatoms. The summed E-state index contributed by atoms with van der Waals surface area (Å²) in [6.45, 7) is 6.89. The number of carbonyl (C=O) groups is 2. The molecule has 2 fully saturated rings. The molecule has 0 aliphatic carbocycles. The molecular weight excluding hydrogens is 388 g/mol. The van der Waals surface area contributed by atoms with Gasteiger partial charge in [-0.1, -0.05) is 6.07 Å². The van der Waals surface area contributed by atoms with Gasteiger partial charge in [0.05, 0.1) is 23.5 Å². The molecule has 156 valence electrons. The first-order chi connectivity index (χ1) is 14.1. The van der Waals surface area contributed by atoms with Gasteiger partial charge in [-0.3, -0.25) is 14.5 Å². The summed E-state index contributed by atoms with van der Waals surface area (Å²) in [5.41, 5.74) is 0.709. The summed E-state index contributed by atoms with van der Waals surface area (Å²) in [5.74, 6) is 1.58. The Balaban J connectivity index is 1.26. The number of piperazine rings is 1. The molecule has 7 nitrogen and oxygen atoms in total. The second-order valence-corrected chi connectivity index (χ2v) is 8.72. The molecule has 2 aromatic rings. The molecule has 4 heterocycles. The SMILES string of the molecule is Cc1oc(-c2cccs2)nc1CC(=O)N1CCN(CC(=O)N2CCCCC2)CC1. The molecule has 0 N–H and O–H groups in total. The lowest BCUT2D eigenvalue weighted by atomic mass is 10.1. The van der Waals surface area contributed by atoms with E-state index in [1.54, 1.807) is 11.3 Å². The minimum atomic E-state index is 0.0705. The van der Waals surface area contributed by atoms with Crippen LogP contribution in [0.2, 0.25) is 0 Å². The maximum atomic E-state index is 12.7. The van der Waals surface area contributed by atoms with Crippen LogP contribution in [0.4, 0.5) is 0 Å². The van der Waals surface area contributed by atoms with E-state index < -0.39 is 0 Å². The van der Waals surface area contributed by atoms with Crippen LogP contribution >= 0.6 is 11.3 Å². The highest BCUT2D eigenvalue weighted by atomic mass is 32.1. The predicted octanol–water partition coefficient (Wildman–Crippen LogP) is 2.41. The third-order valence-electron chi connectivity index (χ3n) is 5.74. The molecule has 0 bridgehead atoms. The predicted molar refractivity (Wildman–Crippen MR) is 112 cm³/mol. The Morgan fingerprint density at radius 1 is 1.03 bits per heavy atom. The smallest absolute Gasteiger partial charge is 0.236 e. The highest BCUT2D eigenvalue weighted by Crippen LogP contribution is 2.26. The summed E-state index contributed by atoms with van der Waals surface area (Å²) >= 11 is 1.57. The van der Waals surface area contributed by atoms with Gasteiger partial charge in [0.2, 0.25) is 17.7 Å². The van der Waals surface area contributed by atoms with Crippen LogP contribution in [0.25, 0.3) is 10.8 Å². The van der Waals surface area contributed by atoms with Crippen LogP contribution in [-0.2, 0) is 16.0 Å². The lowest BCUT2D eigenvalue weighted by Gasteiger charge is -2.36. The highest BCUT2D eigenvalue weighted by Gasteiger charge is 2.26. The van der Waals surface area contributed by atoms with E-state index in [0.717, 1.165) is 43.9 Å². The van der Waals surface area contributed by atoms with E-state index in [1.165, 1.54) is 6.42 Å². The van der Waals surface area contributed by atoms with Gasteiger partial charge in [-0.15, -0.1) is 11.3 Å². The molecule has 0 saturated carbocycles. The molecule has 2 amide bonds. The standard InChI is InChI=1S/C21H28N4O3S/c1-16-17(22-21(28-16)18-6-5-13-29-18)14-19(26)25-11-9-23(10-12-25)15-20(27)24-7-3-2-4-8-24/h5-6,13H,2-4,7-12,14-15H2,1H3. The second kappa shape index (κ2) is 9.09. The van der Waals surface area contributed by atoms with Gasteiger partial charge in [-0.05, 0) is 37.6 Å². The number of carbonyl (C=O) groups excluding carboxylic acids is 2. The van der Waals surface area contributed by atoms with Crippen LogP contribution in [0.1, 0.15) is 30.7 Å². The Morgan fingerprint density at radius 3 is 2.45 bits per heavy atom. The number of amides is 2. The zero-order valence-electron chi connectivity index (χ0n) is 16.9. The molecule has 2 aliphatic heterocycles. The Bertz CT molecular complexity index is 834. The van der Waals surface area contributed by atoms with Gasteiger partial charge < -0.3 is 14.2 Å². The Morgan fingerprint density at radius 2 is 1.76 bits per heavy atom. The van der Waals surface area contributed by atoms with E-state index in [-0.39, 0.29) is 18.2 Å². The average molecular weight is 417 g/mol. The molecule has 4 rings (SSSR count). The quantitative estimate of drug-likeness (QED) is 0.749. The number of nitrogens with zero attached hydrogens (tertiary/aromatic N) is 4. The number of thiophene rings is 1. The van der Waals surface area contributed by atoms with Crippen molar-refractivity contribution >= 4 is 23.2 Å². The monoisotopic (exact) mass is 416 g/mol. The van der Waals surface area contributed by atoms with Gasteiger partial charge in [0.15, 0.2) is 0 Å². The Labute approximate surface area is 175 Å². The summed E-state index contributed by atoms with van der Waals surface area (Å²) in [7, 11) is 0. The van der Waals surface area contributed by atoms with Gasteiger partial charge in [0.1, 0.15) is 5.76 Å². The minimum Gasteiger partial charge on any atom is -0.440 e. The van der Waals surface area contributed by atoms with Crippen LogP contribution in [0.5, 0.6) is 0 Å². The van der Waals surface area contributed by atoms with E-state index in [0.29, 0.717) is 37.0 Å². The molecule has 0 radical (unpaired) electrons. The van der Waals surface area contributed by atoms with Crippen molar-refractivity contribution in [3.8, 4) is 10.8 Å². The molecule has 0 aromatic carbocycles. The molecule has 2 saturated heterocycles. The normalized spacial score (nSPS) is 18.2. The number of aryl methyl sites for hydroxylation is 1. The van der Waals surface area contributed by atoms with Crippen molar-refractivity contribution in [3.63, 3.8) is 0 Å². The van der Waals surface area contributed by atoms with Crippen LogP contribution in [0, 0.1) is 6.92 Å². The topological polar surface area (TPSA) is 69.9 Å². The summed E-state index contributed by atoms with van der Waals surface area (Å²) in [5, 5.41) is 1.98. The minimum absolute atomic E-state index is 0.0705. The third kappa shape index (κ3) is 4.87. The zero-order chi connectivity index (χ0) is 20.2. The van der Waals surface area contributed by atoms with Crippen molar-refractivity contribution in [3.05, 3.63) is 29.0 Å². The first-order valence-electron chi connectivity index (χ1n) is 10.4. The zero-order valence-corrected chi connectivity index (χ0v) is 17.7. The number of likely N-dealkylation sites (tertiary alicyclic amines) is 1. The molecule has 0 unspecified atom stereocenters. The fraction of sp³-hybridized carbons (Fsp3) is 0.571. The lowest BCUT2D eigenvalue weighted by Crippen LogP contribution is -2.52. The first kappa shape index (κ1) is 20.1. The van der Waals surface area contributed by atoms with Crippen molar-refractivity contribution in [1.82, 2.24) is 19.7 Å².